The fourth-order valence-corrected chi connectivity index (χ4v) is 5.67. The lowest BCUT2D eigenvalue weighted by Gasteiger charge is -2.28. The van der Waals surface area contributed by atoms with E-state index in [0.29, 0.717) is 46.7 Å². The van der Waals surface area contributed by atoms with Gasteiger partial charge in [0.2, 0.25) is 0 Å². The number of hydrogen-bond donors (Lipinski definition) is 0. The molecule has 33 heavy (non-hydrogen) atoms. The summed E-state index contributed by atoms with van der Waals surface area (Å²) in [5, 5.41) is 1.02. The summed E-state index contributed by atoms with van der Waals surface area (Å²) in [6.45, 7) is 4.01. The molecule has 0 atom stereocenters. The van der Waals surface area contributed by atoms with E-state index in [-0.39, 0.29) is 10.8 Å². The molecule has 2 heterocycles. The maximum atomic E-state index is 13.3. The zero-order valence-electron chi connectivity index (χ0n) is 18.1. The molecule has 0 N–H and O–H groups in total. The molecule has 0 saturated carbocycles. The summed E-state index contributed by atoms with van der Waals surface area (Å²) in [5.41, 5.74) is 1.13. The number of nitrogens with zero attached hydrogens (tertiary/aromatic N) is 3. The molecule has 0 spiro atoms. The Balaban J connectivity index is 1.66. The van der Waals surface area contributed by atoms with Gasteiger partial charge in [-0.15, -0.1) is 0 Å². The van der Waals surface area contributed by atoms with Gasteiger partial charge in [0.1, 0.15) is 5.52 Å². The summed E-state index contributed by atoms with van der Waals surface area (Å²) in [4.78, 5) is 21.8. The van der Waals surface area contributed by atoms with Gasteiger partial charge >= 0.3 is 0 Å². The van der Waals surface area contributed by atoms with Gasteiger partial charge < -0.3 is 4.74 Å². The second-order valence-corrected chi connectivity index (χ2v) is 11.1. The number of anilines is 1. The smallest absolute Gasteiger partial charge is 0.252 e. The molecule has 10 heteroatoms. The van der Waals surface area contributed by atoms with Gasteiger partial charge in [-0.25, -0.2) is 13.4 Å². The summed E-state index contributed by atoms with van der Waals surface area (Å²) < 4.78 is 30.6. The number of morpholine rings is 1. The molecule has 7 nitrogen and oxygen atoms in total. The molecular formula is C23H24ClN3O4S2. The largest absolute Gasteiger partial charge is 0.379 e. The fourth-order valence-electron chi connectivity index (χ4n) is 3.55. The number of rotatable bonds is 7. The van der Waals surface area contributed by atoms with E-state index in [1.807, 2.05) is 24.3 Å². The molecule has 4 rings (SSSR count). The third-order valence-corrected chi connectivity index (χ3v) is 7.84. The highest BCUT2D eigenvalue weighted by Crippen LogP contribution is 2.33. The van der Waals surface area contributed by atoms with Gasteiger partial charge in [-0.05, 0) is 29.8 Å². The van der Waals surface area contributed by atoms with Crippen LogP contribution in [0, 0.1) is 0 Å². The van der Waals surface area contributed by atoms with Crippen LogP contribution in [0.25, 0.3) is 16.3 Å². The molecular weight excluding hydrogens is 482 g/mol. The first-order valence-corrected chi connectivity index (χ1v) is 13.6. The average Bonchev–Trinajstić information content (AvgIpc) is 3.22. The van der Waals surface area contributed by atoms with Crippen molar-refractivity contribution in [2.24, 2.45) is 0 Å². The lowest BCUT2D eigenvalue weighted by atomic mass is 10.2. The molecule has 0 unspecified atom stereocenters. The van der Waals surface area contributed by atoms with Gasteiger partial charge in [0, 0.05) is 43.5 Å². The first-order valence-electron chi connectivity index (χ1n) is 10.5. The van der Waals surface area contributed by atoms with Crippen LogP contribution in [-0.4, -0.2) is 69.9 Å². The average molecular weight is 506 g/mol. The van der Waals surface area contributed by atoms with Crippen LogP contribution in [0.3, 0.4) is 0 Å². The topological polar surface area (TPSA) is 79.8 Å². The number of aromatic nitrogens is 1. The highest BCUT2D eigenvalue weighted by atomic mass is 35.5. The highest BCUT2D eigenvalue weighted by molar-refractivity contribution is 7.91. The van der Waals surface area contributed by atoms with Crippen molar-refractivity contribution in [3.8, 4) is 0 Å². The van der Waals surface area contributed by atoms with Crippen LogP contribution >= 0.6 is 22.9 Å². The number of halogens is 1. The number of amides is 1. The van der Waals surface area contributed by atoms with Crippen molar-refractivity contribution >= 4 is 60.1 Å². The number of benzene rings is 2. The second kappa shape index (κ2) is 10.3. The van der Waals surface area contributed by atoms with Crippen molar-refractivity contribution in [1.29, 1.82) is 0 Å². The molecule has 1 aliphatic rings. The van der Waals surface area contributed by atoms with Gasteiger partial charge in [0.25, 0.3) is 5.91 Å². The van der Waals surface area contributed by atoms with Crippen LogP contribution in [0.5, 0.6) is 0 Å². The molecule has 1 saturated heterocycles. The predicted molar refractivity (Wildman–Crippen MR) is 133 cm³/mol. The molecule has 0 aliphatic carbocycles. The maximum absolute atomic E-state index is 13.3. The Labute approximate surface area is 202 Å². The second-order valence-electron chi connectivity index (χ2n) is 7.67. The minimum Gasteiger partial charge on any atom is -0.379 e. The zero-order valence-corrected chi connectivity index (χ0v) is 20.5. The fraction of sp³-hybridized carbons (Fsp3) is 0.304. The Hall–Kier alpha value is -2.30. The van der Waals surface area contributed by atoms with Gasteiger partial charge in [-0.1, -0.05) is 47.2 Å². The van der Waals surface area contributed by atoms with Crippen molar-refractivity contribution in [3.63, 3.8) is 0 Å². The number of sulfone groups is 1. The number of ether oxygens (including phenoxy) is 1. The lowest BCUT2D eigenvalue weighted by Crippen LogP contribution is -2.42. The van der Waals surface area contributed by atoms with E-state index in [1.54, 1.807) is 29.2 Å². The van der Waals surface area contributed by atoms with Crippen LogP contribution in [0.2, 0.25) is 5.02 Å². The molecule has 1 fully saturated rings. The van der Waals surface area contributed by atoms with Crippen molar-refractivity contribution in [2.45, 2.75) is 4.90 Å². The molecule has 0 bridgehead atoms. The minimum atomic E-state index is -3.45. The Bertz CT molecular complexity index is 1280. The van der Waals surface area contributed by atoms with Crippen molar-refractivity contribution in [2.75, 3.05) is 50.5 Å². The molecule has 1 amide bonds. The van der Waals surface area contributed by atoms with Gasteiger partial charge in [-0.3, -0.25) is 14.6 Å². The van der Waals surface area contributed by atoms with E-state index in [2.05, 4.69) is 9.88 Å². The first kappa shape index (κ1) is 23.8. The molecule has 2 aromatic carbocycles. The number of carbonyl (C=O) groups is 1. The molecule has 174 valence electrons. The minimum absolute atomic E-state index is 0.162. The quantitative estimate of drug-likeness (QED) is 0.455. The lowest BCUT2D eigenvalue weighted by molar-refractivity contribution is -0.114. The number of hydrogen-bond acceptors (Lipinski definition) is 7. The van der Waals surface area contributed by atoms with E-state index in [9.17, 15) is 13.2 Å². The van der Waals surface area contributed by atoms with E-state index < -0.39 is 9.84 Å². The Morgan fingerprint density at radius 2 is 1.97 bits per heavy atom. The SMILES string of the molecule is CS(=O)(=O)c1cccc2sc(N(CCN3CCOCC3)C(=O)/C=C/c3ccccc3Cl)nc12. The Morgan fingerprint density at radius 1 is 1.21 bits per heavy atom. The van der Waals surface area contributed by atoms with Crippen molar-refractivity contribution < 1.29 is 17.9 Å². The van der Waals surface area contributed by atoms with E-state index in [0.717, 1.165) is 24.9 Å². The predicted octanol–water partition coefficient (Wildman–Crippen LogP) is 3.73. The zero-order chi connectivity index (χ0) is 23.4. The highest BCUT2D eigenvalue weighted by Gasteiger charge is 2.22. The molecule has 3 aromatic rings. The van der Waals surface area contributed by atoms with Gasteiger partial charge in [-0.2, -0.15) is 0 Å². The van der Waals surface area contributed by atoms with E-state index in [4.69, 9.17) is 16.3 Å². The summed E-state index contributed by atoms with van der Waals surface area (Å²) in [7, 11) is -3.45. The van der Waals surface area contributed by atoms with Crippen LogP contribution in [-0.2, 0) is 19.4 Å². The maximum Gasteiger partial charge on any atom is 0.252 e. The van der Waals surface area contributed by atoms with E-state index in [1.165, 1.54) is 17.4 Å². The number of para-hydroxylation sites is 1. The van der Waals surface area contributed by atoms with Gasteiger partial charge in [0.05, 0.1) is 22.8 Å². The third-order valence-electron chi connectivity index (χ3n) is 5.32. The molecule has 1 aliphatic heterocycles. The summed E-state index contributed by atoms with van der Waals surface area (Å²) in [6, 6.07) is 12.3. The number of thiazole rings is 1. The van der Waals surface area contributed by atoms with Gasteiger partial charge in [0.15, 0.2) is 15.0 Å². The van der Waals surface area contributed by atoms with E-state index >= 15 is 0 Å². The number of carbonyl (C=O) groups excluding carboxylic acids is 1. The summed E-state index contributed by atoms with van der Waals surface area (Å²) >= 11 is 7.52. The Morgan fingerprint density at radius 3 is 2.70 bits per heavy atom. The summed E-state index contributed by atoms with van der Waals surface area (Å²) in [5.74, 6) is -0.247. The Kier molecular flexibility index (Phi) is 7.45. The van der Waals surface area contributed by atoms with Crippen molar-refractivity contribution in [3.05, 3.63) is 59.1 Å². The number of fused-ring (bicyclic) bond motifs is 1. The van der Waals surface area contributed by atoms with Crippen molar-refractivity contribution in [1.82, 2.24) is 9.88 Å². The molecule has 0 radical (unpaired) electrons. The van der Waals surface area contributed by atoms with Crippen LogP contribution in [0.1, 0.15) is 5.56 Å². The van der Waals surface area contributed by atoms with Crippen LogP contribution in [0.4, 0.5) is 5.13 Å². The van der Waals surface area contributed by atoms with Crippen LogP contribution < -0.4 is 4.90 Å². The summed E-state index contributed by atoms with van der Waals surface area (Å²) in [6.07, 6.45) is 4.32. The monoisotopic (exact) mass is 505 g/mol. The normalized spacial score (nSPS) is 15.3. The molecule has 1 aromatic heterocycles. The first-order chi connectivity index (χ1) is 15.8. The van der Waals surface area contributed by atoms with Crippen LogP contribution in [0.15, 0.2) is 53.4 Å². The standard InChI is InChI=1S/C23H24ClN3O4S2/c1-33(29,30)20-8-4-7-19-22(20)25-23(32-19)27(12-11-26-13-15-31-16-14-26)21(28)10-9-17-5-2-3-6-18(17)24/h2-10H,11-16H2,1H3/b10-9+. The third kappa shape index (κ3) is 5.80.